The topological polar surface area (TPSA) is 114 Å². The fourth-order valence-corrected chi connectivity index (χ4v) is 3.63. The summed E-state index contributed by atoms with van der Waals surface area (Å²) in [5.41, 5.74) is 3.03. The average molecular weight is 468 g/mol. The molecule has 0 aromatic heterocycles. The Kier molecular flexibility index (Phi) is 8.14. The molecule has 0 saturated carbocycles. The molecule has 1 fully saturated rings. The maximum atomic E-state index is 13.2. The van der Waals surface area contributed by atoms with Gasteiger partial charge in [-0.05, 0) is 43.0 Å². The number of nitrogens with zero attached hydrogens (tertiary/aromatic N) is 1. The maximum Gasteiger partial charge on any atom is 0.279 e. The molecule has 1 heterocycles. The summed E-state index contributed by atoms with van der Waals surface area (Å²) in [6.07, 6.45) is 2.62. The van der Waals surface area contributed by atoms with Crippen molar-refractivity contribution >= 4 is 24.0 Å². The molecule has 3 amide bonds. The first-order valence-electron chi connectivity index (χ1n) is 11.0. The second-order valence-corrected chi connectivity index (χ2v) is 8.18. The molecular formula is C25H29N3O6. The van der Waals surface area contributed by atoms with E-state index in [4.69, 9.17) is 9.57 Å². The zero-order chi connectivity index (χ0) is 24.7. The molecule has 1 saturated heterocycles. The summed E-state index contributed by atoms with van der Waals surface area (Å²) >= 11 is 0. The summed E-state index contributed by atoms with van der Waals surface area (Å²) in [4.78, 5) is 56.2. The summed E-state index contributed by atoms with van der Waals surface area (Å²) in [6.45, 7) is 1.88. The van der Waals surface area contributed by atoms with Crippen LogP contribution >= 0.6 is 0 Å². The molecule has 3 rings (SSSR count). The lowest BCUT2D eigenvalue weighted by molar-refractivity contribution is -0.204. The Morgan fingerprint density at radius 1 is 1.03 bits per heavy atom. The molecule has 0 aliphatic carbocycles. The normalized spacial score (nSPS) is 17.2. The SMILES string of the molecule is CNC(=O)[C@@](C)(C(=O)NOC1CCCCO1)N(C)C(=O)c1ccc(-c2ccc(C=O)cc2)cc1. The maximum absolute atomic E-state index is 13.2. The molecular weight excluding hydrogens is 438 g/mol. The van der Waals surface area contributed by atoms with Crippen LogP contribution in [-0.4, -0.2) is 61.4 Å². The molecule has 34 heavy (non-hydrogen) atoms. The van der Waals surface area contributed by atoms with E-state index in [0.29, 0.717) is 24.2 Å². The largest absolute Gasteiger partial charge is 0.357 e. The second-order valence-electron chi connectivity index (χ2n) is 8.18. The lowest BCUT2D eigenvalue weighted by Crippen LogP contribution is -2.65. The number of amides is 3. The Bertz CT molecular complexity index is 1030. The molecule has 0 bridgehead atoms. The van der Waals surface area contributed by atoms with Crippen molar-refractivity contribution in [2.75, 3.05) is 20.7 Å². The van der Waals surface area contributed by atoms with Gasteiger partial charge in [0.15, 0.2) is 11.8 Å². The number of hydrogen-bond acceptors (Lipinski definition) is 6. The fraction of sp³-hybridized carbons (Fsp3) is 0.360. The third-order valence-corrected chi connectivity index (χ3v) is 6.02. The van der Waals surface area contributed by atoms with E-state index in [1.807, 2.05) is 12.1 Å². The monoisotopic (exact) mass is 467 g/mol. The molecule has 1 unspecified atom stereocenters. The van der Waals surface area contributed by atoms with Gasteiger partial charge >= 0.3 is 0 Å². The van der Waals surface area contributed by atoms with E-state index < -0.39 is 29.6 Å². The Morgan fingerprint density at radius 3 is 2.18 bits per heavy atom. The van der Waals surface area contributed by atoms with Gasteiger partial charge in [0.1, 0.15) is 6.29 Å². The van der Waals surface area contributed by atoms with Crippen LogP contribution in [0, 0.1) is 0 Å². The Hall–Kier alpha value is -3.56. The highest BCUT2D eigenvalue weighted by molar-refractivity contribution is 6.12. The van der Waals surface area contributed by atoms with Crippen LogP contribution < -0.4 is 10.8 Å². The summed E-state index contributed by atoms with van der Waals surface area (Å²) in [5, 5.41) is 2.45. The van der Waals surface area contributed by atoms with Crippen molar-refractivity contribution in [1.29, 1.82) is 0 Å². The number of hydroxylamine groups is 1. The molecule has 0 radical (unpaired) electrons. The third kappa shape index (κ3) is 5.32. The van der Waals surface area contributed by atoms with E-state index in [1.165, 1.54) is 21.0 Å². The van der Waals surface area contributed by atoms with Gasteiger partial charge < -0.3 is 15.0 Å². The van der Waals surface area contributed by atoms with Gasteiger partial charge in [-0.1, -0.05) is 36.4 Å². The second kappa shape index (κ2) is 11.0. The van der Waals surface area contributed by atoms with E-state index in [0.717, 1.165) is 35.2 Å². The molecule has 9 heteroatoms. The Balaban J connectivity index is 1.76. The smallest absolute Gasteiger partial charge is 0.279 e. The van der Waals surface area contributed by atoms with Gasteiger partial charge in [0.05, 0.1) is 0 Å². The summed E-state index contributed by atoms with van der Waals surface area (Å²) < 4.78 is 5.43. The molecule has 2 aromatic carbocycles. The molecule has 2 atom stereocenters. The minimum absolute atomic E-state index is 0.301. The first kappa shape index (κ1) is 25.1. The van der Waals surface area contributed by atoms with Crippen LogP contribution in [0.4, 0.5) is 0 Å². The van der Waals surface area contributed by atoms with E-state index in [1.54, 1.807) is 36.4 Å². The number of benzene rings is 2. The van der Waals surface area contributed by atoms with E-state index in [9.17, 15) is 19.2 Å². The predicted octanol–water partition coefficient (Wildman–Crippen LogP) is 2.32. The fourth-order valence-electron chi connectivity index (χ4n) is 3.63. The quantitative estimate of drug-likeness (QED) is 0.350. The van der Waals surface area contributed by atoms with Crippen LogP contribution in [0.15, 0.2) is 48.5 Å². The van der Waals surface area contributed by atoms with Gasteiger partial charge in [-0.2, -0.15) is 0 Å². The van der Waals surface area contributed by atoms with Crippen LogP contribution in [0.5, 0.6) is 0 Å². The zero-order valence-electron chi connectivity index (χ0n) is 19.5. The third-order valence-electron chi connectivity index (χ3n) is 6.02. The van der Waals surface area contributed by atoms with Crippen molar-refractivity contribution in [1.82, 2.24) is 15.7 Å². The van der Waals surface area contributed by atoms with Crippen LogP contribution in [0.1, 0.15) is 46.9 Å². The lowest BCUT2D eigenvalue weighted by Gasteiger charge is -2.36. The summed E-state index contributed by atoms with van der Waals surface area (Å²) in [7, 11) is 2.78. The van der Waals surface area contributed by atoms with E-state index >= 15 is 0 Å². The molecule has 2 N–H and O–H groups in total. The highest BCUT2D eigenvalue weighted by Gasteiger charge is 2.47. The number of ether oxygens (including phenoxy) is 1. The van der Waals surface area contributed by atoms with E-state index in [2.05, 4.69) is 10.8 Å². The number of carbonyl (C=O) groups excluding carboxylic acids is 4. The number of nitrogens with one attached hydrogen (secondary N) is 2. The first-order chi connectivity index (χ1) is 16.3. The zero-order valence-corrected chi connectivity index (χ0v) is 19.5. The number of carbonyl (C=O) groups is 4. The number of aldehydes is 1. The molecule has 9 nitrogen and oxygen atoms in total. The highest BCUT2D eigenvalue weighted by Crippen LogP contribution is 2.23. The first-order valence-corrected chi connectivity index (χ1v) is 11.0. The Morgan fingerprint density at radius 2 is 1.65 bits per heavy atom. The van der Waals surface area contributed by atoms with Crippen molar-refractivity contribution in [3.05, 3.63) is 59.7 Å². The van der Waals surface area contributed by atoms with Gasteiger partial charge in [-0.3, -0.25) is 19.2 Å². The van der Waals surface area contributed by atoms with Gasteiger partial charge in [0, 0.05) is 38.2 Å². The Labute approximate surface area is 198 Å². The highest BCUT2D eigenvalue weighted by atomic mass is 16.8. The minimum Gasteiger partial charge on any atom is -0.357 e. The van der Waals surface area contributed by atoms with Gasteiger partial charge in [0.2, 0.25) is 0 Å². The lowest BCUT2D eigenvalue weighted by atomic mass is 9.96. The van der Waals surface area contributed by atoms with Crippen LogP contribution in [0.2, 0.25) is 0 Å². The number of hydrogen-bond donors (Lipinski definition) is 2. The molecule has 180 valence electrons. The molecule has 1 aliphatic heterocycles. The minimum atomic E-state index is -1.87. The van der Waals surface area contributed by atoms with Crippen molar-refractivity contribution in [2.24, 2.45) is 0 Å². The molecule has 1 aliphatic rings. The van der Waals surface area contributed by atoms with Gasteiger partial charge in [0.25, 0.3) is 17.7 Å². The van der Waals surface area contributed by atoms with Gasteiger partial charge in [-0.25, -0.2) is 10.3 Å². The van der Waals surface area contributed by atoms with Crippen molar-refractivity contribution < 1.29 is 28.8 Å². The molecule has 0 spiro atoms. The van der Waals surface area contributed by atoms with Crippen LogP contribution in [0.25, 0.3) is 11.1 Å². The van der Waals surface area contributed by atoms with Crippen molar-refractivity contribution in [3.63, 3.8) is 0 Å². The number of likely N-dealkylation sites (N-methyl/N-ethyl adjacent to an activating group) is 2. The standard InChI is InChI=1S/C25H29N3O6/c1-25(23(31)26-2,24(32)27-34-21-6-4-5-15-33-21)28(3)22(30)20-13-11-19(12-14-20)18-9-7-17(16-29)8-10-18/h7-14,16,21H,4-6,15H2,1-3H3,(H,26,31)(H,27,32)/t21?,25-/m0/s1. The van der Waals surface area contributed by atoms with E-state index in [-0.39, 0.29) is 0 Å². The molecule has 2 aromatic rings. The van der Waals surface area contributed by atoms with Crippen LogP contribution in [0.3, 0.4) is 0 Å². The van der Waals surface area contributed by atoms with Crippen LogP contribution in [-0.2, 0) is 19.2 Å². The number of rotatable bonds is 8. The summed E-state index contributed by atoms with van der Waals surface area (Å²) in [5.74, 6) is -1.97. The average Bonchev–Trinajstić information content (AvgIpc) is 2.90. The predicted molar refractivity (Wildman–Crippen MR) is 125 cm³/mol. The van der Waals surface area contributed by atoms with Crippen molar-refractivity contribution in [2.45, 2.75) is 38.0 Å². The van der Waals surface area contributed by atoms with Gasteiger partial charge in [-0.15, -0.1) is 0 Å². The van der Waals surface area contributed by atoms with Crippen molar-refractivity contribution in [3.8, 4) is 11.1 Å². The summed E-state index contributed by atoms with van der Waals surface area (Å²) in [6, 6.07) is 13.8.